The van der Waals surface area contributed by atoms with E-state index in [0.717, 1.165) is 0 Å². The first-order chi connectivity index (χ1) is 5.11. The molecule has 3 amide bonds. The van der Waals surface area contributed by atoms with Crippen LogP contribution in [0.3, 0.4) is 0 Å². The van der Waals surface area contributed by atoms with Crippen LogP contribution < -0.4 is 16.5 Å². The van der Waals surface area contributed by atoms with Crippen LogP contribution in [0.5, 0.6) is 0 Å². The Hall–Kier alpha value is -1.59. The number of amides is 3. The van der Waals surface area contributed by atoms with Crippen molar-refractivity contribution in [1.82, 2.24) is 10.7 Å². The molecule has 0 saturated carbocycles. The first-order valence-corrected chi connectivity index (χ1v) is 2.95. The second-order valence-corrected chi connectivity index (χ2v) is 2.10. The van der Waals surface area contributed by atoms with Crippen molar-refractivity contribution in [3.8, 4) is 0 Å². The van der Waals surface area contributed by atoms with Crippen molar-refractivity contribution in [3.63, 3.8) is 0 Å². The Balaban J connectivity index is 2.79. The van der Waals surface area contributed by atoms with Gasteiger partial charge in [0.05, 0.1) is 5.71 Å². The third-order valence-corrected chi connectivity index (χ3v) is 1.24. The molecule has 0 aromatic rings. The van der Waals surface area contributed by atoms with Crippen molar-refractivity contribution in [1.29, 1.82) is 0 Å². The first kappa shape index (κ1) is 7.52. The Kier molecular flexibility index (Phi) is 1.75. The van der Waals surface area contributed by atoms with E-state index < -0.39 is 18.0 Å². The van der Waals surface area contributed by atoms with Crippen LogP contribution in [0, 0.1) is 0 Å². The minimum atomic E-state index is -0.899. The lowest BCUT2D eigenvalue weighted by molar-refractivity contribution is -0.118. The van der Waals surface area contributed by atoms with Gasteiger partial charge in [0.1, 0.15) is 0 Å². The normalized spacial score (nSPS) is 23.2. The molecule has 0 fully saturated rings. The zero-order valence-electron chi connectivity index (χ0n) is 5.87. The van der Waals surface area contributed by atoms with E-state index in [-0.39, 0.29) is 0 Å². The van der Waals surface area contributed by atoms with Crippen LogP contribution in [0.4, 0.5) is 4.79 Å². The van der Waals surface area contributed by atoms with E-state index in [9.17, 15) is 9.59 Å². The number of hydrazone groups is 1. The third-order valence-electron chi connectivity index (χ3n) is 1.24. The van der Waals surface area contributed by atoms with E-state index in [1.807, 2.05) is 0 Å². The lowest BCUT2D eigenvalue weighted by Gasteiger charge is -2.16. The predicted octanol–water partition coefficient (Wildman–Crippen LogP) is -1.46. The van der Waals surface area contributed by atoms with Crippen molar-refractivity contribution < 1.29 is 9.59 Å². The summed E-state index contributed by atoms with van der Waals surface area (Å²) in [5, 5.41) is 6.94. The van der Waals surface area contributed by atoms with Gasteiger partial charge in [0.2, 0.25) is 5.91 Å². The van der Waals surface area contributed by atoms with Crippen LogP contribution in [-0.2, 0) is 4.79 Å². The number of rotatable bonds is 1. The van der Waals surface area contributed by atoms with Crippen LogP contribution in [0.25, 0.3) is 0 Å². The summed E-state index contributed by atoms with van der Waals surface area (Å²) >= 11 is 0. The summed E-state index contributed by atoms with van der Waals surface area (Å²) in [6.07, 6.45) is 0. The van der Waals surface area contributed by atoms with Gasteiger partial charge in [-0.15, -0.1) is 0 Å². The van der Waals surface area contributed by atoms with E-state index in [1.165, 1.54) is 0 Å². The van der Waals surface area contributed by atoms with E-state index in [1.54, 1.807) is 6.92 Å². The molecule has 0 aliphatic carbocycles. The Morgan fingerprint density at radius 2 is 2.36 bits per heavy atom. The van der Waals surface area contributed by atoms with Crippen LogP contribution in [-0.4, -0.2) is 23.7 Å². The molecule has 1 aliphatic heterocycles. The van der Waals surface area contributed by atoms with Gasteiger partial charge < -0.3 is 5.73 Å². The highest BCUT2D eigenvalue weighted by atomic mass is 16.2. The number of primary amides is 1. The number of urea groups is 1. The number of nitrogens with zero attached hydrogens (tertiary/aromatic N) is 2. The highest BCUT2D eigenvalue weighted by Gasteiger charge is 2.26. The number of carbonyl (C=O) groups excluding carboxylic acids is 2. The van der Waals surface area contributed by atoms with Crippen molar-refractivity contribution in [2.45, 2.75) is 13.0 Å². The van der Waals surface area contributed by atoms with Crippen LogP contribution >= 0.6 is 0 Å². The minimum Gasteiger partial charge on any atom is -0.367 e. The first-order valence-electron chi connectivity index (χ1n) is 2.95. The Morgan fingerprint density at radius 1 is 1.73 bits per heavy atom. The molecule has 3 N–H and O–H groups in total. The van der Waals surface area contributed by atoms with Crippen molar-refractivity contribution in [2.24, 2.45) is 10.8 Å². The number of hydrogen-bond acceptors (Lipinski definition) is 3. The minimum absolute atomic E-state index is 0.400. The molecule has 0 saturated heterocycles. The number of carbonyl (C=O) groups is 2. The molecule has 1 radical (unpaired) electrons. The fourth-order valence-electron chi connectivity index (χ4n) is 0.706. The third kappa shape index (κ3) is 1.46. The van der Waals surface area contributed by atoms with Crippen LogP contribution in [0.1, 0.15) is 6.92 Å². The lowest BCUT2D eigenvalue weighted by atomic mass is 10.2. The molecule has 6 heteroatoms. The van der Waals surface area contributed by atoms with Gasteiger partial charge in [0.15, 0.2) is 6.04 Å². The van der Waals surface area contributed by atoms with Gasteiger partial charge in [-0.05, 0) is 6.92 Å². The molecular formula is C5H7N4O2. The zero-order chi connectivity index (χ0) is 8.43. The maximum Gasteiger partial charge on any atom is 0.357 e. The smallest absolute Gasteiger partial charge is 0.357 e. The van der Waals surface area contributed by atoms with E-state index in [4.69, 9.17) is 5.73 Å². The molecule has 6 nitrogen and oxygen atoms in total. The van der Waals surface area contributed by atoms with E-state index in [2.05, 4.69) is 15.8 Å². The Bertz CT molecular complexity index is 235. The summed E-state index contributed by atoms with van der Waals surface area (Å²) in [4.78, 5) is 21.1. The molecule has 1 unspecified atom stereocenters. The maximum atomic E-state index is 10.6. The molecule has 1 heterocycles. The molecule has 0 bridgehead atoms. The van der Waals surface area contributed by atoms with Gasteiger partial charge >= 0.3 is 6.03 Å². The van der Waals surface area contributed by atoms with Gasteiger partial charge in [-0.25, -0.2) is 15.5 Å². The van der Waals surface area contributed by atoms with E-state index in [0.29, 0.717) is 5.71 Å². The van der Waals surface area contributed by atoms with Gasteiger partial charge in [0, 0.05) is 0 Å². The maximum absolute atomic E-state index is 10.6. The standard InChI is InChI=1S/C5H7N4O2/c1-2-3(4(6)10)7-5(11)9-8-2/h3H,1H3,(H2,6,10)(H,9,11). The Morgan fingerprint density at radius 3 is 2.82 bits per heavy atom. The van der Waals surface area contributed by atoms with Gasteiger partial charge in [-0.1, -0.05) is 0 Å². The molecule has 0 spiro atoms. The number of hydrogen-bond donors (Lipinski definition) is 2. The van der Waals surface area contributed by atoms with Crippen molar-refractivity contribution >= 4 is 17.6 Å². The molecule has 1 atom stereocenters. The predicted molar refractivity (Wildman–Crippen MR) is 36.8 cm³/mol. The number of nitrogens with two attached hydrogens (primary N) is 1. The molecule has 11 heavy (non-hydrogen) atoms. The summed E-state index contributed by atoms with van der Waals surface area (Å²) in [6.45, 7) is 1.57. The highest BCUT2D eigenvalue weighted by molar-refractivity contribution is 6.10. The molecule has 1 rings (SSSR count). The Labute approximate surface area is 62.8 Å². The fraction of sp³-hybridized carbons (Fsp3) is 0.400. The highest BCUT2D eigenvalue weighted by Crippen LogP contribution is 1.94. The summed E-state index contributed by atoms with van der Waals surface area (Å²) < 4.78 is 0. The zero-order valence-corrected chi connectivity index (χ0v) is 5.87. The second-order valence-electron chi connectivity index (χ2n) is 2.10. The number of nitrogens with one attached hydrogen (secondary N) is 1. The second kappa shape index (κ2) is 2.57. The average Bonchev–Trinajstić information content (AvgIpc) is 1.94. The SMILES string of the molecule is CC1=NNC(=O)[N]C1C(N)=O. The van der Waals surface area contributed by atoms with Crippen molar-refractivity contribution in [2.75, 3.05) is 0 Å². The summed E-state index contributed by atoms with van der Waals surface area (Å²) in [7, 11) is 0. The van der Waals surface area contributed by atoms with Crippen LogP contribution in [0.15, 0.2) is 5.10 Å². The largest absolute Gasteiger partial charge is 0.367 e. The summed E-state index contributed by atoms with van der Waals surface area (Å²) in [6, 6.07) is -1.54. The molecule has 0 aromatic carbocycles. The molecule has 1 aliphatic rings. The molecule has 59 valence electrons. The van der Waals surface area contributed by atoms with Crippen molar-refractivity contribution in [3.05, 3.63) is 0 Å². The van der Waals surface area contributed by atoms with Gasteiger partial charge in [-0.3, -0.25) is 4.79 Å². The molecule has 0 aromatic heterocycles. The average molecular weight is 155 g/mol. The monoisotopic (exact) mass is 155 g/mol. The van der Waals surface area contributed by atoms with E-state index >= 15 is 0 Å². The van der Waals surface area contributed by atoms with Crippen LogP contribution in [0.2, 0.25) is 0 Å². The fourth-order valence-corrected chi connectivity index (χ4v) is 0.706. The summed E-state index contributed by atoms with van der Waals surface area (Å²) in [5.74, 6) is -0.666. The topological polar surface area (TPSA) is 98.7 Å². The quantitative estimate of drug-likeness (QED) is 0.484. The molecular weight excluding hydrogens is 148 g/mol. The van der Waals surface area contributed by atoms with Gasteiger partial charge in [0.25, 0.3) is 0 Å². The van der Waals surface area contributed by atoms with Gasteiger partial charge in [-0.2, -0.15) is 5.10 Å². The lowest BCUT2D eigenvalue weighted by Crippen LogP contribution is -2.50. The summed E-state index contributed by atoms with van der Waals surface area (Å²) in [5.41, 5.74) is 7.42.